The summed E-state index contributed by atoms with van der Waals surface area (Å²) in [4.78, 5) is 32.2. The smallest absolute Gasteiger partial charge is 0.338 e. The molecule has 0 saturated heterocycles. The van der Waals surface area contributed by atoms with Gasteiger partial charge in [0, 0.05) is 5.69 Å². The molecule has 6 nitrogen and oxygen atoms in total. The number of carbonyl (C=O) groups excluding carboxylic acids is 2. The average Bonchev–Trinajstić information content (AvgIpc) is 3.19. The fourth-order valence-electron chi connectivity index (χ4n) is 3.07. The first-order chi connectivity index (χ1) is 13.6. The Morgan fingerprint density at radius 1 is 1.07 bits per heavy atom. The van der Waals surface area contributed by atoms with Crippen LogP contribution in [0, 0.1) is 0 Å². The summed E-state index contributed by atoms with van der Waals surface area (Å²) < 4.78 is 5.45. The number of imidazole rings is 1. The van der Waals surface area contributed by atoms with E-state index in [1.54, 1.807) is 31.5 Å². The summed E-state index contributed by atoms with van der Waals surface area (Å²) in [5.41, 5.74) is 2.53. The second-order valence-corrected chi connectivity index (χ2v) is 6.49. The third-order valence-corrected chi connectivity index (χ3v) is 4.59. The standard InChI is InChI=1S/C22H19N3O3/c1-2-20(28-22(27)16-8-10-18-19(12-16)24-13-23-18)21(26)25-17-9-7-14-5-3-4-6-15(14)11-17/h3-13,20H,2H2,1H3,(H,23,24)(H,25,26). The fraction of sp³-hybridized carbons (Fsp3) is 0.136. The quantitative estimate of drug-likeness (QED) is 0.511. The molecule has 0 aliphatic heterocycles. The van der Waals surface area contributed by atoms with Gasteiger partial charge in [0.05, 0.1) is 22.9 Å². The number of H-pyrrole nitrogens is 1. The van der Waals surface area contributed by atoms with Gasteiger partial charge in [-0.25, -0.2) is 9.78 Å². The predicted molar refractivity (Wildman–Crippen MR) is 108 cm³/mol. The Balaban J connectivity index is 1.47. The van der Waals surface area contributed by atoms with Gasteiger partial charge in [0.15, 0.2) is 6.10 Å². The SMILES string of the molecule is CCC(OC(=O)c1ccc2nc[nH]c2c1)C(=O)Nc1ccc2ccccc2c1. The number of carbonyl (C=O) groups is 2. The van der Waals surface area contributed by atoms with Crippen LogP contribution in [0.1, 0.15) is 23.7 Å². The summed E-state index contributed by atoms with van der Waals surface area (Å²) >= 11 is 0. The number of amides is 1. The molecule has 1 unspecified atom stereocenters. The number of rotatable bonds is 5. The Morgan fingerprint density at radius 2 is 1.89 bits per heavy atom. The molecule has 0 saturated carbocycles. The molecule has 140 valence electrons. The van der Waals surface area contributed by atoms with Crippen LogP contribution in [0.4, 0.5) is 5.69 Å². The summed E-state index contributed by atoms with van der Waals surface area (Å²) in [6.07, 6.45) is 1.06. The van der Waals surface area contributed by atoms with E-state index < -0.39 is 12.1 Å². The zero-order chi connectivity index (χ0) is 19.5. The second-order valence-electron chi connectivity index (χ2n) is 6.49. The zero-order valence-electron chi connectivity index (χ0n) is 15.3. The summed E-state index contributed by atoms with van der Waals surface area (Å²) in [6, 6.07) is 18.6. The molecular formula is C22H19N3O3. The minimum atomic E-state index is -0.878. The lowest BCUT2D eigenvalue weighted by Gasteiger charge is -2.16. The number of hydrogen-bond acceptors (Lipinski definition) is 4. The van der Waals surface area contributed by atoms with Crippen LogP contribution < -0.4 is 5.32 Å². The molecule has 0 spiro atoms. The summed E-state index contributed by atoms with van der Waals surface area (Å²) in [7, 11) is 0. The highest BCUT2D eigenvalue weighted by molar-refractivity contribution is 5.99. The van der Waals surface area contributed by atoms with Crippen LogP contribution in [0.2, 0.25) is 0 Å². The van der Waals surface area contributed by atoms with Gasteiger partial charge in [0.25, 0.3) is 5.91 Å². The van der Waals surface area contributed by atoms with Crippen LogP contribution in [0.15, 0.2) is 67.0 Å². The monoisotopic (exact) mass is 373 g/mol. The van der Waals surface area contributed by atoms with E-state index >= 15 is 0 Å². The molecule has 0 radical (unpaired) electrons. The summed E-state index contributed by atoms with van der Waals surface area (Å²) in [5.74, 6) is -0.897. The lowest BCUT2D eigenvalue weighted by Crippen LogP contribution is -2.32. The van der Waals surface area contributed by atoms with Gasteiger partial charge in [-0.3, -0.25) is 4.79 Å². The van der Waals surface area contributed by atoms with Crippen molar-refractivity contribution in [3.63, 3.8) is 0 Å². The molecule has 1 atom stereocenters. The maximum Gasteiger partial charge on any atom is 0.338 e. The van der Waals surface area contributed by atoms with Crippen LogP contribution in [0.5, 0.6) is 0 Å². The Bertz CT molecular complexity index is 1170. The normalized spacial score (nSPS) is 12.0. The highest BCUT2D eigenvalue weighted by atomic mass is 16.5. The number of nitrogens with one attached hydrogen (secondary N) is 2. The maximum atomic E-state index is 12.6. The van der Waals surface area contributed by atoms with Crippen molar-refractivity contribution in [2.24, 2.45) is 0 Å². The average molecular weight is 373 g/mol. The number of anilines is 1. The van der Waals surface area contributed by atoms with E-state index in [2.05, 4.69) is 15.3 Å². The minimum absolute atomic E-state index is 0.353. The van der Waals surface area contributed by atoms with Crippen molar-refractivity contribution >= 4 is 39.4 Å². The van der Waals surface area contributed by atoms with Crippen molar-refractivity contribution < 1.29 is 14.3 Å². The lowest BCUT2D eigenvalue weighted by molar-refractivity contribution is -0.124. The lowest BCUT2D eigenvalue weighted by atomic mass is 10.1. The van der Waals surface area contributed by atoms with Crippen LogP contribution >= 0.6 is 0 Å². The Labute approximate surface area is 161 Å². The van der Waals surface area contributed by atoms with Gasteiger partial charge in [-0.1, -0.05) is 37.3 Å². The number of fused-ring (bicyclic) bond motifs is 2. The Morgan fingerprint density at radius 3 is 2.71 bits per heavy atom. The number of aromatic amines is 1. The molecule has 28 heavy (non-hydrogen) atoms. The van der Waals surface area contributed by atoms with Gasteiger partial charge in [-0.05, 0) is 47.5 Å². The molecule has 1 amide bonds. The van der Waals surface area contributed by atoms with E-state index in [9.17, 15) is 9.59 Å². The van der Waals surface area contributed by atoms with E-state index in [0.29, 0.717) is 17.7 Å². The number of esters is 1. The Hall–Kier alpha value is -3.67. The fourth-order valence-corrected chi connectivity index (χ4v) is 3.07. The number of benzene rings is 3. The third kappa shape index (κ3) is 3.57. The van der Waals surface area contributed by atoms with Crippen molar-refractivity contribution in [3.05, 3.63) is 72.6 Å². The molecular weight excluding hydrogens is 354 g/mol. The number of nitrogens with zero attached hydrogens (tertiary/aromatic N) is 1. The van der Waals surface area contributed by atoms with Crippen LogP contribution in [0.3, 0.4) is 0 Å². The molecule has 0 bridgehead atoms. The highest BCUT2D eigenvalue weighted by Crippen LogP contribution is 2.20. The summed E-state index contributed by atoms with van der Waals surface area (Å²) in [6.45, 7) is 1.80. The van der Waals surface area contributed by atoms with E-state index in [1.807, 2.05) is 42.5 Å². The first kappa shape index (κ1) is 17.7. The molecule has 0 fully saturated rings. The first-order valence-electron chi connectivity index (χ1n) is 9.08. The van der Waals surface area contributed by atoms with Crippen LogP contribution in [-0.4, -0.2) is 27.9 Å². The van der Waals surface area contributed by atoms with E-state index in [4.69, 9.17) is 4.74 Å². The first-order valence-corrected chi connectivity index (χ1v) is 9.08. The maximum absolute atomic E-state index is 12.6. The molecule has 4 rings (SSSR count). The second kappa shape index (κ2) is 7.52. The topological polar surface area (TPSA) is 84.1 Å². The number of hydrogen-bond donors (Lipinski definition) is 2. The van der Waals surface area contributed by atoms with Gasteiger partial charge >= 0.3 is 5.97 Å². The largest absolute Gasteiger partial charge is 0.449 e. The number of ether oxygens (including phenoxy) is 1. The van der Waals surface area contributed by atoms with Crippen molar-refractivity contribution in [1.82, 2.24) is 9.97 Å². The van der Waals surface area contributed by atoms with Gasteiger partial charge in [0.2, 0.25) is 0 Å². The van der Waals surface area contributed by atoms with E-state index in [1.165, 1.54) is 0 Å². The summed E-state index contributed by atoms with van der Waals surface area (Å²) in [5, 5.41) is 4.95. The van der Waals surface area contributed by atoms with Crippen molar-refractivity contribution in [2.45, 2.75) is 19.4 Å². The molecule has 4 aromatic rings. The van der Waals surface area contributed by atoms with Gasteiger partial charge in [0.1, 0.15) is 0 Å². The zero-order valence-corrected chi connectivity index (χ0v) is 15.3. The van der Waals surface area contributed by atoms with Crippen molar-refractivity contribution in [2.75, 3.05) is 5.32 Å². The molecule has 6 heteroatoms. The molecule has 0 aliphatic rings. The number of aromatic nitrogens is 2. The molecule has 2 N–H and O–H groups in total. The third-order valence-electron chi connectivity index (χ3n) is 4.59. The van der Waals surface area contributed by atoms with Crippen LogP contribution in [0.25, 0.3) is 21.8 Å². The van der Waals surface area contributed by atoms with E-state index in [-0.39, 0.29) is 5.91 Å². The van der Waals surface area contributed by atoms with Gasteiger partial charge in [-0.15, -0.1) is 0 Å². The van der Waals surface area contributed by atoms with Gasteiger partial charge in [-0.2, -0.15) is 0 Å². The molecule has 3 aromatic carbocycles. The van der Waals surface area contributed by atoms with Crippen molar-refractivity contribution in [3.8, 4) is 0 Å². The predicted octanol–water partition coefficient (Wildman–Crippen LogP) is 4.29. The van der Waals surface area contributed by atoms with Crippen LogP contribution in [-0.2, 0) is 9.53 Å². The van der Waals surface area contributed by atoms with E-state index in [0.717, 1.165) is 21.8 Å². The van der Waals surface area contributed by atoms with Crippen molar-refractivity contribution in [1.29, 1.82) is 0 Å². The van der Waals surface area contributed by atoms with Gasteiger partial charge < -0.3 is 15.0 Å². The molecule has 1 aromatic heterocycles. The minimum Gasteiger partial charge on any atom is -0.449 e. The molecule has 1 heterocycles. The molecule has 0 aliphatic carbocycles. The highest BCUT2D eigenvalue weighted by Gasteiger charge is 2.22. The Kier molecular flexibility index (Phi) is 4.76.